The van der Waals surface area contributed by atoms with Crippen LogP contribution in [0, 0.1) is 12.3 Å². The lowest BCUT2D eigenvalue weighted by Crippen LogP contribution is -2.16. The lowest BCUT2D eigenvalue weighted by atomic mass is 10.2. The first-order chi connectivity index (χ1) is 13.1. The highest BCUT2D eigenvalue weighted by Crippen LogP contribution is 2.35. The maximum absolute atomic E-state index is 12.7. The van der Waals surface area contributed by atoms with E-state index in [1.54, 1.807) is 36.6 Å². The summed E-state index contributed by atoms with van der Waals surface area (Å²) in [4.78, 5) is 18.6. The van der Waals surface area contributed by atoms with Crippen LogP contribution in [-0.4, -0.2) is 30.9 Å². The van der Waals surface area contributed by atoms with E-state index in [1.165, 1.54) is 11.3 Å². The summed E-state index contributed by atoms with van der Waals surface area (Å²) < 4.78 is 13.6. The number of benzene rings is 2. The van der Waals surface area contributed by atoms with Crippen LogP contribution in [0.2, 0.25) is 0 Å². The summed E-state index contributed by atoms with van der Waals surface area (Å²) in [5.74, 6) is 3.63. The van der Waals surface area contributed by atoms with Crippen molar-refractivity contribution in [2.75, 3.05) is 20.5 Å². The number of nitrogens with zero attached hydrogens (tertiary/aromatic N) is 2. The summed E-state index contributed by atoms with van der Waals surface area (Å²) in [6.45, 7) is 0.264. The zero-order chi connectivity index (χ0) is 19.4. The molecule has 1 amide bonds. The second-order valence-electron chi connectivity index (χ2n) is 5.47. The zero-order valence-electron chi connectivity index (χ0n) is 15.2. The van der Waals surface area contributed by atoms with Crippen LogP contribution >= 0.6 is 23.1 Å². The first kappa shape index (κ1) is 19.1. The van der Waals surface area contributed by atoms with E-state index in [1.807, 2.05) is 36.6 Å². The minimum atomic E-state index is -0.318. The number of carbonyl (C=O) groups excluding carboxylic acids is 1. The average Bonchev–Trinajstić information content (AvgIpc) is 3.05. The van der Waals surface area contributed by atoms with Crippen LogP contribution in [-0.2, 0) is 6.54 Å². The molecule has 3 rings (SSSR count). The third-order valence-corrected chi connectivity index (χ3v) is 5.77. The predicted molar refractivity (Wildman–Crippen MR) is 110 cm³/mol. The van der Waals surface area contributed by atoms with Crippen molar-refractivity contribution in [3.05, 3.63) is 46.8 Å². The van der Waals surface area contributed by atoms with Gasteiger partial charge in [0.25, 0.3) is 5.91 Å². The molecule has 0 aliphatic rings. The van der Waals surface area contributed by atoms with Crippen molar-refractivity contribution in [2.45, 2.75) is 11.4 Å². The predicted octanol–water partition coefficient (Wildman–Crippen LogP) is 3.82. The maximum atomic E-state index is 12.7. The van der Waals surface area contributed by atoms with E-state index >= 15 is 0 Å². The Morgan fingerprint density at radius 3 is 2.67 bits per heavy atom. The van der Waals surface area contributed by atoms with Crippen LogP contribution in [0.15, 0.2) is 46.3 Å². The first-order valence-corrected chi connectivity index (χ1v) is 10.1. The van der Waals surface area contributed by atoms with Crippen molar-refractivity contribution >= 4 is 39.2 Å². The monoisotopic (exact) mass is 398 g/mol. The minimum absolute atomic E-state index is 0.264. The number of thiazole rings is 1. The molecule has 1 aromatic heterocycles. The molecule has 0 fully saturated rings. The van der Waals surface area contributed by atoms with E-state index in [9.17, 15) is 4.79 Å². The fourth-order valence-electron chi connectivity index (χ4n) is 2.68. The summed E-state index contributed by atoms with van der Waals surface area (Å²) in [5.41, 5.74) is 1.30. The molecular weight excluding hydrogens is 380 g/mol. The molecular formula is C20H18N2O3S2. The van der Waals surface area contributed by atoms with Gasteiger partial charge in [-0.25, -0.2) is 0 Å². The Kier molecular flexibility index (Phi) is 5.89. The van der Waals surface area contributed by atoms with Crippen molar-refractivity contribution in [1.29, 1.82) is 0 Å². The van der Waals surface area contributed by atoms with Gasteiger partial charge >= 0.3 is 0 Å². The number of thioether (sulfide) groups is 1. The van der Waals surface area contributed by atoms with Gasteiger partial charge in [0.15, 0.2) is 4.80 Å². The number of hydrogen-bond donors (Lipinski definition) is 0. The van der Waals surface area contributed by atoms with Gasteiger partial charge in [0, 0.05) is 10.5 Å². The number of hydrogen-bond acceptors (Lipinski definition) is 5. The van der Waals surface area contributed by atoms with E-state index in [2.05, 4.69) is 10.9 Å². The SMILES string of the molecule is C#CCn1c(=NC(=O)c2cccc(SC)c2)sc2c(OC)ccc(OC)c21. The Morgan fingerprint density at radius 1 is 1.26 bits per heavy atom. The highest BCUT2D eigenvalue weighted by atomic mass is 32.2. The summed E-state index contributed by atoms with van der Waals surface area (Å²) in [6.07, 6.45) is 7.52. The molecule has 0 aliphatic carbocycles. The summed E-state index contributed by atoms with van der Waals surface area (Å²) in [5, 5.41) is 0. The van der Waals surface area contributed by atoms with E-state index in [0.29, 0.717) is 21.9 Å². The molecule has 1 heterocycles. The normalized spacial score (nSPS) is 11.4. The van der Waals surface area contributed by atoms with E-state index in [4.69, 9.17) is 15.9 Å². The van der Waals surface area contributed by atoms with Gasteiger partial charge in [-0.1, -0.05) is 23.3 Å². The first-order valence-electron chi connectivity index (χ1n) is 8.03. The van der Waals surface area contributed by atoms with Crippen molar-refractivity contribution in [3.8, 4) is 23.8 Å². The Morgan fingerprint density at radius 2 is 2.00 bits per heavy atom. The Hall–Kier alpha value is -2.69. The van der Waals surface area contributed by atoms with E-state index in [0.717, 1.165) is 15.1 Å². The smallest absolute Gasteiger partial charge is 0.279 e. The molecule has 7 heteroatoms. The van der Waals surface area contributed by atoms with Crippen LogP contribution in [0.1, 0.15) is 10.4 Å². The largest absolute Gasteiger partial charge is 0.495 e. The quantitative estimate of drug-likeness (QED) is 0.484. The van der Waals surface area contributed by atoms with Gasteiger partial charge in [-0.2, -0.15) is 4.99 Å². The Labute approximate surface area is 165 Å². The molecule has 2 aromatic carbocycles. The Bertz CT molecular complexity index is 1110. The third kappa shape index (κ3) is 3.72. The highest BCUT2D eigenvalue weighted by Gasteiger charge is 2.16. The molecule has 5 nitrogen and oxygen atoms in total. The molecule has 3 aromatic rings. The van der Waals surface area contributed by atoms with Crippen molar-refractivity contribution in [2.24, 2.45) is 4.99 Å². The molecule has 27 heavy (non-hydrogen) atoms. The summed E-state index contributed by atoms with van der Waals surface area (Å²) in [7, 11) is 3.19. The van der Waals surface area contributed by atoms with Gasteiger partial charge in [0.1, 0.15) is 21.7 Å². The minimum Gasteiger partial charge on any atom is -0.495 e. The number of aromatic nitrogens is 1. The molecule has 0 atom stereocenters. The average molecular weight is 399 g/mol. The number of fused-ring (bicyclic) bond motifs is 1. The summed E-state index contributed by atoms with van der Waals surface area (Å²) >= 11 is 2.92. The van der Waals surface area contributed by atoms with Crippen LogP contribution in [0.25, 0.3) is 10.2 Å². The van der Waals surface area contributed by atoms with E-state index in [-0.39, 0.29) is 12.5 Å². The van der Waals surface area contributed by atoms with Crippen LogP contribution < -0.4 is 14.3 Å². The molecule has 0 aliphatic heterocycles. The fourth-order valence-corrected chi connectivity index (χ4v) is 4.28. The van der Waals surface area contributed by atoms with Crippen molar-refractivity contribution < 1.29 is 14.3 Å². The second-order valence-corrected chi connectivity index (χ2v) is 7.33. The van der Waals surface area contributed by atoms with E-state index < -0.39 is 0 Å². The fraction of sp³-hybridized carbons (Fsp3) is 0.200. The molecule has 0 radical (unpaired) electrons. The number of amides is 1. The Balaban J connectivity index is 2.23. The molecule has 138 valence electrons. The van der Waals surface area contributed by atoms with Gasteiger partial charge < -0.3 is 14.0 Å². The second kappa shape index (κ2) is 8.33. The molecule has 0 spiro atoms. The lowest BCUT2D eigenvalue weighted by molar-refractivity contribution is 0.0997. The standard InChI is InChI=1S/C20H18N2O3S2/c1-5-11-22-17-15(24-2)9-10-16(25-3)18(17)27-20(22)21-19(23)13-7-6-8-14(12-13)26-4/h1,6-10,12H,11H2,2-4H3. The van der Waals surface area contributed by atoms with Gasteiger partial charge in [0.2, 0.25) is 0 Å². The van der Waals surface area contributed by atoms with Crippen molar-refractivity contribution in [1.82, 2.24) is 4.57 Å². The maximum Gasteiger partial charge on any atom is 0.279 e. The summed E-state index contributed by atoms with van der Waals surface area (Å²) in [6, 6.07) is 11.0. The zero-order valence-corrected chi connectivity index (χ0v) is 16.8. The third-order valence-electron chi connectivity index (χ3n) is 3.96. The van der Waals surface area contributed by atoms with Gasteiger partial charge in [-0.3, -0.25) is 4.79 Å². The number of carbonyl (C=O) groups is 1. The van der Waals surface area contributed by atoms with Crippen LogP contribution in [0.3, 0.4) is 0 Å². The van der Waals surface area contributed by atoms with Gasteiger partial charge in [-0.05, 0) is 36.6 Å². The van der Waals surface area contributed by atoms with Crippen molar-refractivity contribution in [3.63, 3.8) is 0 Å². The topological polar surface area (TPSA) is 52.8 Å². The van der Waals surface area contributed by atoms with Gasteiger partial charge in [0.05, 0.1) is 20.8 Å². The number of methoxy groups -OCH3 is 2. The molecule has 0 saturated carbocycles. The van der Waals surface area contributed by atoms with Crippen LogP contribution in [0.4, 0.5) is 0 Å². The number of ether oxygens (including phenoxy) is 2. The lowest BCUT2D eigenvalue weighted by Gasteiger charge is -2.08. The molecule has 0 unspecified atom stereocenters. The molecule has 0 saturated heterocycles. The highest BCUT2D eigenvalue weighted by molar-refractivity contribution is 7.98. The number of terminal acetylenes is 1. The van der Waals surface area contributed by atoms with Gasteiger partial charge in [-0.15, -0.1) is 18.2 Å². The number of rotatable bonds is 5. The van der Waals surface area contributed by atoms with Crippen LogP contribution in [0.5, 0.6) is 11.5 Å². The molecule has 0 N–H and O–H groups in total. The molecule has 0 bridgehead atoms.